The number of hydrogen-bond acceptors (Lipinski definition) is 1. The molecule has 13 heavy (non-hydrogen) atoms. The molecule has 0 saturated carbocycles. The minimum Gasteiger partial charge on any atom is -0.293 e. The van der Waals surface area contributed by atoms with Crippen molar-refractivity contribution in [3.05, 3.63) is 24.3 Å². The van der Waals surface area contributed by atoms with Crippen molar-refractivity contribution in [2.45, 2.75) is 34.1 Å². The van der Waals surface area contributed by atoms with Crippen LogP contribution in [0.5, 0.6) is 0 Å². The average molecular weight is 179 g/mol. The maximum absolute atomic E-state index is 4.30. The van der Waals surface area contributed by atoms with Crippen LogP contribution in [0.1, 0.15) is 34.1 Å². The van der Waals surface area contributed by atoms with Gasteiger partial charge in [0.05, 0.1) is 0 Å². The molecule has 0 aliphatic carbocycles. The Morgan fingerprint density at radius 3 is 2.46 bits per heavy atom. The lowest BCUT2D eigenvalue weighted by Crippen LogP contribution is -2.08. The van der Waals surface area contributed by atoms with Crippen molar-refractivity contribution in [1.29, 1.82) is 0 Å². The number of allylic oxidation sites excluding steroid dienone is 3. The van der Waals surface area contributed by atoms with E-state index in [1.54, 1.807) is 0 Å². The molecule has 0 N–H and O–H groups in total. The fraction of sp³-hybridized carbons (Fsp3) is 0.583. The summed E-state index contributed by atoms with van der Waals surface area (Å²) in [6, 6.07) is 0. The molecule has 0 fully saturated rings. The van der Waals surface area contributed by atoms with E-state index in [0.717, 1.165) is 18.5 Å². The summed E-state index contributed by atoms with van der Waals surface area (Å²) in [7, 11) is 0. The molecular weight excluding hydrogens is 158 g/mol. The molecule has 0 rings (SSSR count). The first kappa shape index (κ1) is 12.2. The Morgan fingerprint density at radius 1 is 1.38 bits per heavy atom. The normalized spacial score (nSPS) is 12.9. The lowest BCUT2D eigenvalue weighted by molar-refractivity contribution is 0.430. The number of aliphatic imine (C=N–C) groups is 1. The molecule has 0 amide bonds. The first-order chi connectivity index (χ1) is 5.95. The SMILES string of the molecule is C=C(/C=C\C=NCC(C)(C)C)CC. The minimum absolute atomic E-state index is 0.284. The van der Waals surface area contributed by atoms with Crippen molar-refractivity contribution in [3.8, 4) is 0 Å². The van der Waals surface area contributed by atoms with Crippen LogP contribution in [0.4, 0.5) is 0 Å². The van der Waals surface area contributed by atoms with Gasteiger partial charge < -0.3 is 0 Å². The van der Waals surface area contributed by atoms with E-state index in [1.807, 2.05) is 18.4 Å². The molecule has 0 radical (unpaired) electrons. The van der Waals surface area contributed by atoms with Crippen LogP contribution in [0.2, 0.25) is 0 Å². The van der Waals surface area contributed by atoms with Gasteiger partial charge in [-0.25, -0.2) is 0 Å². The van der Waals surface area contributed by atoms with Gasteiger partial charge in [0.1, 0.15) is 0 Å². The monoisotopic (exact) mass is 179 g/mol. The quantitative estimate of drug-likeness (QED) is 0.461. The average Bonchev–Trinajstić information content (AvgIpc) is 2.01. The molecule has 1 heteroatoms. The van der Waals surface area contributed by atoms with Gasteiger partial charge in [0, 0.05) is 12.8 Å². The summed E-state index contributed by atoms with van der Waals surface area (Å²) < 4.78 is 0. The van der Waals surface area contributed by atoms with Gasteiger partial charge >= 0.3 is 0 Å². The van der Waals surface area contributed by atoms with Crippen molar-refractivity contribution >= 4 is 6.21 Å². The van der Waals surface area contributed by atoms with Gasteiger partial charge in [-0.15, -0.1) is 0 Å². The Kier molecular flexibility index (Phi) is 5.36. The van der Waals surface area contributed by atoms with Gasteiger partial charge in [0.2, 0.25) is 0 Å². The zero-order valence-electron chi connectivity index (χ0n) is 9.30. The topological polar surface area (TPSA) is 12.4 Å². The molecule has 0 unspecified atom stereocenters. The van der Waals surface area contributed by atoms with E-state index < -0.39 is 0 Å². The van der Waals surface area contributed by atoms with E-state index in [1.165, 1.54) is 0 Å². The molecule has 0 spiro atoms. The largest absolute Gasteiger partial charge is 0.293 e. The molecule has 0 aliphatic heterocycles. The second kappa shape index (κ2) is 5.74. The number of nitrogens with zero attached hydrogens (tertiary/aromatic N) is 1. The predicted molar refractivity (Wildman–Crippen MR) is 61.4 cm³/mol. The minimum atomic E-state index is 0.284. The summed E-state index contributed by atoms with van der Waals surface area (Å²) in [4.78, 5) is 4.30. The van der Waals surface area contributed by atoms with E-state index in [4.69, 9.17) is 0 Å². The summed E-state index contributed by atoms with van der Waals surface area (Å²) in [5.41, 5.74) is 1.42. The Bertz CT molecular complexity index is 204. The predicted octanol–water partition coefficient (Wildman–Crippen LogP) is 3.63. The number of rotatable bonds is 4. The Hall–Kier alpha value is -0.850. The lowest BCUT2D eigenvalue weighted by atomic mass is 9.97. The van der Waals surface area contributed by atoms with Crippen molar-refractivity contribution in [1.82, 2.24) is 0 Å². The molecule has 0 heterocycles. The summed E-state index contributed by atoms with van der Waals surface area (Å²) >= 11 is 0. The standard InChI is InChI=1S/C12H21N/c1-6-11(2)8-7-9-13-10-12(3,4)5/h7-9H,2,6,10H2,1,3-5H3/b8-7-,13-9?. The fourth-order valence-corrected chi connectivity index (χ4v) is 0.684. The van der Waals surface area contributed by atoms with Gasteiger partial charge in [0.25, 0.3) is 0 Å². The van der Waals surface area contributed by atoms with E-state index in [-0.39, 0.29) is 5.41 Å². The molecule has 0 bridgehead atoms. The summed E-state index contributed by atoms with van der Waals surface area (Å²) in [6.45, 7) is 13.4. The highest BCUT2D eigenvalue weighted by atomic mass is 14.7. The van der Waals surface area contributed by atoms with Crippen LogP contribution >= 0.6 is 0 Å². The van der Waals surface area contributed by atoms with E-state index in [2.05, 4.69) is 39.3 Å². The van der Waals surface area contributed by atoms with Crippen molar-refractivity contribution < 1.29 is 0 Å². The van der Waals surface area contributed by atoms with Crippen LogP contribution in [0.3, 0.4) is 0 Å². The molecule has 74 valence electrons. The van der Waals surface area contributed by atoms with Gasteiger partial charge in [-0.1, -0.05) is 45.9 Å². The Labute approximate surface area is 82.3 Å². The lowest BCUT2D eigenvalue weighted by Gasteiger charge is -2.13. The zero-order valence-corrected chi connectivity index (χ0v) is 9.30. The van der Waals surface area contributed by atoms with E-state index in [0.29, 0.717) is 0 Å². The maximum Gasteiger partial charge on any atom is 0.0437 e. The second-order valence-corrected chi connectivity index (χ2v) is 4.42. The Balaban J connectivity index is 3.76. The maximum atomic E-state index is 4.30. The molecule has 1 nitrogen and oxygen atoms in total. The third-order valence-electron chi connectivity index (χ3n) is 1.54. The van der Waals surface area contributed by atoms with Crippen LogP contribution in [-0.2, 0) is 0 Å². The van der Waals surface area contributed by atoms with Gasteiger partial charge in [-0.05, 0) is 17.9 Å². The fourth-order valence-electron chi connectivity index (χ4n) is 0.684. The van der Waals surface area contributed by atoms with Crippen LogP contribution in [-0.4, -0.2) is 12.8 Å². The third-order valence-corrected chi connectivity index (χ3v) is 1.54. The van der Waals surface area contributed by atoms with Gasteiger partial charge in [0.15, 0.2) is 0 Å². The molecule has 0 aromatic rings. The molecule has 0 saturated heterocycles. The van der Waals surface area contributed by atoms with Gasteiger partial charge in [-0.3, -0.25) is 4.99 Å². The van der Waals surface area contributed by atoms with Crippen LogP contribution in [0.25, 0.3) is 0 Å². The summed E-state index contributed by atoms with van der Waals surface area (Å²) in [6.07, 6.45) is 6.82. The summed E-state index contributed by atoms with van der Waals surface area (Å²) in [5, 5.41) is 0. The highest BCUT2D eigenvalue weighted by molar-refractivity contribution is 5.71. The second-order valence-electron chi connectivity index (χ2n) is 4.42. The molecular formula is C12H21N. The molecule has 0 aliphatic rings. The van der Waals surface area contributed by atoms with Gasteiger partial charge in [-0.2, -0.15) is 0 Å². The first-order valence-electron chi connectivity index (χ1n) is 4.80. The van der Waals surface area contributed by atoms with Crippen LogP contribution < -0.4 is 0 Å². The van der Waals surface area contributed by atoms with Crippen LogP contribution in [0, 0.1) is 5.41 Å². The van der Waals surface area contributed by atoms with E-state index in [9.17, 15) is 0 Å². The third kappa shape index (κ3) is 9.06. The van der Waals surface area contributed by atoms with Crippen molar-refractivity contribution in [2.75, 3.05) is 6.54 Å². The Morgan fingerprint density at radius 2 is 2.00 bits per heavy atom. The first-order valence-corrected chi connectivity index (χ1v) is 4.80. The summed E-state index contributed by atoms with van der Waals surface area (Å²) in [5.74, 6) is 0. The highest BCUT2D eigenvalue weighted by Gasteiger charge is 2.06. The van der Waals surface area contributed by atoms with Crippen molar-refractivity contribution in [3.63, 3.8) is 0 Å². The molecule has 0 aromatic heterocycles. The number of hydrogen-bond donors (Lipinski definition) is 0. The molecule has 0 atom stereocenters. The van der Waals surface area contributed by atoms with Crippen LogP contribution in [0.15, 0.2) is 29.3 Å². The highest BCUT2D eigenvalue weighted by Crippen LogP contribution is 2.12. The van der Waals surface area contributed by atoms with Crippen molar-refractivity contribution in [2.24, 2.45) is 10.4 Å². The zero-order chi connectivity index (χ0) is 10.3. The van der Waals surface area contributed by atoms with E-state index >= 15 is 0 Å². The molecule has 0 aromatic carbocycles. The smallest absolute Gasteiger partial charge is 0.0437 e.